The van der Waals surface area contributed by atoms with Crippen LogP contribution in [-0.4, -0.2) is 39.7 Å². The number of imide groups is 1. The summed E-state index contributed by atoms with van der Waals surface area (Å²) in [6.07, 6.45) is 6.26. The van der Waals surface area contributed by atoms with E-state index in [1.165, 1.54) is 23.2 Å². The van der Waals surface area contributed by atoms with Gasteiger partial charge in [0, 0.05) is 32.0 Å². The molecule has 128 valence electrons. The normalized spacial score (nSPS) is 19.8. The smallest absolute Gasteiger partial charge is 0.287 e. The van der Waals surface area contributed by atoms with Crippen molar-refractivity contribution in [3.8, 4) is 0 Å². The van der Waals surface area contributed by atoms with Crippen molar-refractivity contribution < 1.29 is 14.5 Å². The van der Waals surface area contributed by atoms with Crippen LogP contribution in [0, 0.1) is 15.5 Å². The van der Waals surface area contributed by atoms with E-state index in [1.807, 2.05) is 0 Å². The number of nitro groups is 1. The van der Waals surface area contributed by atoms with E-state index in [0.29, 0.717) is 25.2 Å². The van der Waals surface area contributed by atoms with E-state index in [0.717, 1.165) is 25.7 Å². The second kappa shape index (κ2) is 6.54. The quantitative estimate of drug-likeness (QED) is 0.503. The molecule has 2 aliphatic rings. The van der Waals surface area contributed by atoms with E-state index in [1.54, 1.807) is 0 Å². The second-order valence-electron chi connectivity index (χ2n) is 6.59. The van der Waals surface area contributed by atoms with Gasteiger partial charge in [0.25, 0.3) is 5.69 Å². The Labute approximate surface area is 139 Å². The highest BCUT2D eigenvalue weighted by Gasteiger charge is 2.44. The largest absolute Gasteiger partial charge is 0.368 e. The second-order valence-corrected chi connectivity index (χ2v) is 6.59. The molecule has 2 heterocycles. The monoisotopic (exact) mass is 332 g/mol. The minimum atomic E-state index is -0.513. The number of pyridine rings is 1. The van der Waals surface area contributed by atoms with Crippen LogP contribution in [0.1, 0.15) is 38.5 Å². The van der Waals surface area contributed by atoms with Gasteiger partial charge in [0.2, 0.25) is 11.8 Å². The molecule has 2 fully saturated rings. The summed E-state index contributed by atoms with van der Waals surface area (Å²) in [6, 6.07) is 2.86. The highest BCUT2D eigenvalue weighted by molar-refractivity contribution is 5.98. The van der Waals surface area contributed by atoms with Crippen molar-refractivity contribution in [2.45, 2.75) is 38.5 Å². The summed E-state index contributed by atoms with van der Waals surface area (Å²) >= 11 is 0. The zero-order valence-electron chi connectivity index (χ0n) is 13.4. The van der Waals surface area contributed by atoms with E-state index in [4.69, 9.17) is 0 Å². The van der Waals surface area contributed by atoms with Gasteiger partial charge in [0.15, 0.2) is 0 Å². The summed E-state index contributed by atoms with van der Waals surface area (Å²) in [5, 5.41) is 13.6. The molecule has 1 aliphatic heterocycles. The van der Waals surface area contributed by atoms with Crippen molar-refractivity contribution in [3.63, 3.8) is 0 Å². The topological polar surface area (TPSA) is 105 Å². The lowest BCUT2D eigenvalue weighted by molar-refractivity contribution is -0.385. The Bertz CT molecular complexity index is 633. The molecule has 1 N–H and O–H groups in total. The summed E-state index contributed by atoms with van der Waals surface area (Å²) in [4.78, 5) is 39.9. The lowest BCUT2D eigenvalue weighted by Crippen LogP contribution is -2.48. The fourth-order valence-electron chi connectivity index (χ4n) is 3.66. The molecule has 8 nitrogen and oxygen atoms in total. The lowest BCUT2D eigenvalue weighted by Gasteiger charge is -2.37. The van der Waals surface area contributed by atoms with Gasteiger partial charge in [-0.2, -0.15) is 0 Å². The Morgan fingerprint density at radius 2 is 1.88 bits per heavy atom. The summed E-state index contributed by atoms with van der Waals surface area (Å²) in [5.74, 6) is 0.294. The van der Waals surface area contributed by atoms with Crippen LogP contribution >= 0.6 is 0 Å². The highest BCUT2D eigenvalue weighted by Crippen LogP contribution is 2.46. The van der Waals surface area contributed by atoms with Gasteiger partial charge >= 0.3 is 0 Å². The van der Waals surface area contributed by atoms with Gasteiger partial charge in [-0.25, -0.2) is 4.98 Å². The molecule has 2 amide bonds. The zero-order valence-corrected chi connectivity index (χ0v) is 13.4. The molecule has 0 radical (unpaired) electrons. The summed E-state index contributed by atoms with van der Waals surface area (Å²) in [7, 11) is 0. The number of hydrogen-bond donors (Lipinski definition) is 1. The molecule has 0 atom stereocenters. The van der Waals surface area contributed by atoms with Gasteiger partial charge < -0.3 is 5.32 Å². The van der Waals surface area contributed by atoms with Crippen LogP contribution in [0.25, 0.3) is 0 Å². The third-order valence-corrected chi connectivity index (χ3v) is 4.92. The van der Waals surface area contributed by atoms with Crippen LogP contribution < -0.4 is 5.32 Å². The Balaban J connectivity index is 1.52. The van der Waals surface area contributed by atoms with Gasteiger partial charge in [-0.05, 0) is 24.3 Å². The summed E-state index contributed by atoms with van der Waals surface area (Å²) < 4.78 is 0. The van der Waals surface area contributed by atoms with Crippen molar-refractivity contribution in [2.75, 3.05) is 18.4 Å². The van der Waals surface area contributed by atoms with Crippen molar-refractivity contribution in [2.24, 2.45) is 5.41 Å². The third-order valence-electron chi connectivity index (χ3n) is 4.92. The van der Waals surface area contributed by atoms with Gasteiger partial charge in [-0.1, -0.05) is 12.8 Å². The van der Waals surface area contributed by atoms with Crippen LogP contribution in [0.2, 0.25) is 0 Å². The number of nitrogens with one attached hydrogen (secondary N) is 1. The van der Waals surface area contributed by atoms with Gasteiger partial charge in [0.1, 0.15) is 12.0 Å². The van der Waals surface area contributed by atoms with Crippen LogP contribution in [-0.2, 0) is 9.59 Å². The van der Waals surface area contributed by atoms with E-state index < -0.39 is 4.92 Å². The fourth-order valence-corrected chi connectivity index (χ4v) is 3.66. The summed E-state index contributed by atoms with van der Waals surface area (Å²) in [5.41, 5.74) is -0.165. The molecule has 1 saturated heterocycles. The molecule has 8 heteroatoms. The van der Waals surface area contributed by atoms with E-state index >= 15 is 0 Å². The Morgan fingerprint density at radius 3 is 2.42 bits per heavy atom. The van der Waals surface area contributed by atoms with Gasteiger partial charge in [0.05, 0.1) is 4.92 Å². The van der Waals surface area contributed by atoms with E-state index in [-0.39, 0.29) is 29.5 Å². The predicted molar refractivity (Wildman–Crippen MR) is 86.2 cm³/mol. The fraction of sp³-hybridized carbons (Fsp3) is 0.562. The van der Waals surface area contributed by atoms with Crippen LogP contribution in [0.15, 0.2) is 18.3 Å². The third kappa shape index (κ3) is 3.37. The van der Waals surface area contributed by atoms with Gasteiger partial charge in [-0.3, -0.25) is 24.6 Å². The van der Waals surface area contributed by atoms with Crippen molar-refractivity contribution in [3.05, 3.63) is 28.4 Å². The average Bonchev–Trinajstić information content (AvgIpc) is 2.98. The Hall–Kier alpha value is -2.51. The molecule has 0 unspecified atom stereocenters. The minimum Gasteiger partial charge on any atom is -0.368 e. The Kier molecular flexibility index (Phi) is 4.46. The predicted octanol–water partition coefficient (Wildman–Crippen LogP) is 2.11. The van der Waals surface area contributed by atoms with Crippen molar-refractivity contribution in [1.29, 1.82) is 0 Å². The molecule has 0 aromatic carbocycles. The zero-order chi connectivity index (χ0) is 17.2. The molecule has 3 rings (SSSR count). The van der Waals surface area contributed by atoms with E-state index in [9.17, 15) is 19.7 Å². The lowest BCUT2D eigenvalue weighted by atomic mass is 9.76. The van der Waals surface area contributed by atoms with Gasteiger partial charge in [-0.15, -0.1) is 0 Å². The maximum atomic E-state index is 12.3. The maximum Gasteiger partial charge on any atom is 0.287 e. The number of hydrogen-bond acceptors (Lipinski definition) is 6. The molecule has 1 aliphatic carbocycles. The SMILES string of the molecule is O=C1CC2(CCCC2)CC(=O)N1CCNc1ccc([N+](=O)[O-])cn1. The number of aromatic nitrogens is 1. The number of carbonyl (C=O) groups is 2. The number of carbonyl (C=O) groups excluding carboxylic acids is 2. The average molecular weight is 332 g/mol. The number of rotatable bonds is 5. The number of piperidine rings is 1. The van der Waals surface area contributed by atoms with Crippen LogP contribution in [0.4, 0.5) is 11.5 Å². The maximum absolute atomic E-state index is 12.3. The first-order chi connectivity index (χ1) is 11.5. The molecule has 24 heavy (non-hydrogen) atoms. The highest BCUT2D eigenvalue weighted by atomic mass is 16.6. The van der Waals surface area contributed by atoms with Crippen molar-refractivity contribution >= 4 is 23.3 Å². The Morgan fingerprint density at radius 1 is 1.21 bits per heavy atom. The number of amides is 2. The number of anilines is 1. The van der Waals surface area contributed by atoms with Crippen LogP contribution in [0.5, 0.6) is 0 Å². The molecule has 1 aromatic rings. The minimum absolute atomic E-state index is 0.0798. The first kappa shape index (κ1) is 16.4. The van der Waals surface area contributed by atoms with Crippen LogP contribution in [0.3, 0.4) is 0 Å². The standard InChI is InChI=1S/C16H20N4O4/c21-14-9-16(5-1-2-6-16)10-15(22)19(14)8-7-17-13-4-3-12(11-18-13)20(23)24/h3-4,11H,1-2,5-10H2,(H,17,18). The molecule has 1 spiro atoms. The van der Waals surface area contributed by atoms with Crippen molar-refractivity contribution in [1.82, 2.24) is 9.88 Å². The first-order valence-electron chi connectivity index (χ1n) is 8.17. The number of likely N-dealkylation sites (tertiary alicyclic amines) is 1. The molecule has 1 saturated carbocycles. The molecular formula is C16H20N4O4. The molecular weight excluding hydrogens is 312 g/mol. The van der Waals surface area contributed by atoms with E-state index in [2.05, 4.69) is 10.3 Å². The molecule has 1 aromatic heterocycles. The molecule has 0 bridgehead atoms. The first-order valence-corrected chi connectivity index (χ1v) is 8.17. The number of nitrogens with zero attached hydrogens (tertiary/aromatic N) is 3. The summed E-state index contributed by atoms with van der Waals surface area (Å²) in [6.45, 7) is 0.654.